The molecule has 96 valence electrons. The number of nitrogens with zero attached hydrogens (tertiary/aromatic N) is 3. The number of aliphatic hydroxyl groups excluding tert-OH is 1. The van der Waals surface area contributed by atoms with Gasteiger partial charge in [-0.3, -0.25) is 0 Å². The minimum Gasteiger partial charge on any atom is -0.396 e. The van der Waals surface area contributed by atoms with Gasteiger partial charge in [-0.1, -0.05) is 6.92 Å². The number of hydrogen-bond donors (Lipinski definition) is 1. The van der Waals surface area contributed by atoms with Gasteiger partial charge in [0.1, 0.15) is 5.82 Å². The molecule has 1 heterocycles. The predicted octanol–water partition coefficient (Wildman–Crippen LogP) is 2.09. The van der Waals surface area contributed by atoms with Gasteiger partial charge in [0.05, 0.1) is 0 Å². The molecular weight excluding hydrogens is 234 g/mol. The first-order valence-electron chi connectivity index (χ1n) is 6.40. The maximum Gasteiger partial charge on any atom is 0.205 e. The van der Waals surface area contributed by atoms with E-state index < -0.39 is 0 Å². The van der Waals surface area contributed by atoms with Crippen LogP contribution in [0.2, 0.25) is 0 Å². The van der Waals surface area contributed by atoms with Crippen molar-refractivity contribution < 1.29 is 5.11 Å². The average molecular weight is 255 g/mol. The molecule has 1 N–H and O–H groups in total. The van der Waals surface area contributed by atoms with Gasteiger partial charge in [0.2, 0.25) is 5.13 Å². The Balaban J connectivity index is 1.94. The molecular formula is C12H21N3OS. The first kappa shape index (κ1) is 12.8. The van der Waals surface area contributed by atoms with E-state index in [2.05, 4.69) is 28.2 Å². The van der Waals surface area contributed by atoms with Gasteiger partial charge in [0, 0.05) is 37.6 Å². The van der Waals surface area contributed by atoms with Crippen LogP contribution in [0.1, 0.15) is 38.4 Å². The summed E-state index contributed by atoms with van der Waals surface area (Å²) in [4.78, 5) is 6.80. The van der Waals surface area contributed by atoms with E-state index in [1.165, 1.54) is 11.5 Å². The number of aliphatic hydroxyl groups is 1. The Bertz CT molecular complexity index is 347. The van der Waals surface area contributed by atoms with Gasteiger partial charge >= 0.3 is 0 Å². The molecule has 1 fully saturated rings. The minimum atomic E-state index is 0.342. The van der Waals surface area contributed by atoms with E-state index in [9.17, 15) is 0 Å². The second-order valence-corrected chi connectivity index (χ2v) is 5.55. The third-order valence-corrected chi connectivity index (χ3v) is 4.54. The summed E-state index contributed by atoms with van der Waals surface area (Å²) in [6, 6.07) is 0.565. The average Bonchev–Trinajstić information content (AvgIpc) is 2.87. The molecule has 1 aromatic heterocycles. The van der Waals surface area contributed by atoms with Crippen LogP contribution in [0, 0.1) is 5.92 Å². The van der Waals surface area contributed by atoms with Crippen LogP contribution in [0.15, 0.2) is 0 Å². The summed E-state index contributed by atoms with van der Waals surface area (Å²) in [5, 5.41) is 10.2. The van der Waals surface area contributed by atoms with Crippen molar-refractivity contribution in [2.45, 2.75) is 45.1 Å². The minimum absolute atomic E-state index is 0.342. The largest absolute Gasteiger partial charge is 0.396 e. The van der Waals surface area contributed by atoms with E-state index in [4.69, 9.17) is 5.11 Å². The molecule has 0 spiro atoms. The van der Waals surface area contributed by atoms with Crippen molar-refractivity contribution in [3.8, 4) is 0 Å². The fourth-order valence-corrected chi connectivity index (χ4v) is 3.18. The molecule has 1 aromatic rings. The second-order valence-electron chi connectivity index (χ2n) is 4.81. The quantitative estimate of drug-likeness (QED) is 0.895. The Kier molecular flexibility index (Phi) is 4.34. The molecule has 5 heteroatoms. The second kappa shape index (κ2) is 5.78. The Morgan fingerprint density at radius 1 is 1.35 bits per heavy atom. The Morgan fingerprint density at radius 3 is 2.59 bits per heavy atom. The lowest BCUT2D eigenvalue weighted by Gasteiger charge is -2.33. The summed E-state index contributed by atoms with van der Waals surface area (Å²) in [5.41, 5.74) is 0. The van der Waals surface area contributed by atoms with Gasteiger partial charge in [0.25, 0.3) is 0 Å². The normalized spacial score (nSPS) is 24.9. The molecule has 1 saturated carbocycles. The van der Waals surface area contributed by atoms with Crippen LogP contribution in [-0.4, -0.2) is 34.2 Å². The van der Waals surface area contributed by atoms with Crippen LogP contribution >= 0.6 is 11.5 Å². The number of aryl methyl sites for hydroxylation is 1. The van der Waals surface area contributed by atoms with E-state index in [0.29, 0.717) is 18.6 Å². The lowest BCUT2D eigenvalue weighted by molar-refractivity contribution is 0.182. The molecule has 4 nitrogen and oxygen atoms in total. The first-order valence-corrected chi connectivity index (χ1v) is 7.18. The van der Waals surface area contributed by atoms with Crippen molar-refractivity contribution in [1.29, 1.82) is 0 Å². The van der Waals surface area contributed by atoms with Crippen molar-refractivity contribution in [2.24, 2.45) is 5.92 Å². The molecule has 1 aliphatic carbocycles. The van der Waals surface area contributed by atoms with E-state index in [1.54, 1.807) is 0 Å². The topological polar surface area (TPSA) is 49.2 Å². The maximum absolute atomic E-state index is 9.13. The number of aromatic nitrogens is 2. The number of anilines is 1. The molecule has 0 aliphatic heterocycles. The maximum atomic E-state index is 9.13. The molecule has 0 aromatic carbocycles. The predicted molar refractivity (Wildman–Crippen MR) is 70.5 cm³/mol. The van der Waals surface area contributed by atoms with E-state index >= 15 is 0 Å². The Morgan fingerprint density at radius 2 is 2.06 bits per heavy atom. The van der Waals surface area contributed by atoms with Gasteiger partial charge in [-0.2, -0.15) is 4.37 Å². The Labute approximate surface area is 107 Å². The first-order chi connectivity index (χ1) is 8.24. The number of rotatable bonds is 4. The highest BCUT2D eigenvalue weighted by molar-refractivity contribution is 7.09. The number of hydrogen-bond acceptors (Lipinski definition) is 5. The summed E-state index contributed by atoms with van der Waals surface area (Å²) in [6.45, 7) is 2.42. The highest BCUT2D eigenvalue weighted by atomic mass is 32.1. The van der Waals surface area contributed by atoms with Crippen LogP contribution < -0.4 is 4.90 Å². The van der Waals surface area contributed by atoms with Crippen LogP contribution in [0.25, 0.3) is 0 Å². The summed E-state index contributed by atoms with van der Waals surface area (Å²) < 4.78 is 4.33. The zero-order valence-corrected chi connectivity index (χ0v) is 11.4. The van der Waals surface area contributed by atoms with Crippen molar-refractivity contribution in [1.82, 2.24) is 9.36 Å². The van der Waals surface area contributed by atoms with Crippen molar-refractivity contribution in [3.05, 3.63) is 5.82 Å². The summed E-state index contributed by atoms with van der Waals surface area (Å²) in [6.07, 6.45) is 5.48. The molecule has 0 atom stereocenters. The van der Waals surface area contributed by atoms with E-state index in [1.807, 2.05) is 0 Å². The molecule has 0 saturated heterocycles. The fourth-order valence-electron chi connectivity index (χ4n) is 2.40. The third kappa shape index (κ3) is 2.96. The van der Waals surface area contributed by atoms with Crippen LogP contribution in [0.4, 0.5) is 5.13 Å². The van der Waals surface area contributed by atoms with Crippen LogP contribution in [0.3, 0.4) is 0 Å². The summed E-state index contributed by atoms with van der Waals surface area (Å²) >= 11 is 1.50. The van der Waals surface area contributed by atoms with Gasteiger partial charge in [0.15, 0.2) is 0 Å². The Hall–Kier alpha value is -0.680. The highest BCUT2D eigenvalue weighted by Gasteiger charge is 2.25. The molecule has 17 heavy (non-hydrogen) atoms. The van der Waals surface area contributed by atoms with Crippen LogP contribution in [-0.2, 0) is 6.42 Å². The molecule has 0 unspecified atom stereocenters. The van der Waals surface area contributed by atoms with E-state index in [0.717, 1.165) is 43.1 Å². The zero-order valence-electron chi connectivity index (χ0n) is 10.6. The molecule has 1 aliphatic rings. The lowest BCUT2D eigenvalue weighted by Crippen LogP contribution is -2.35. The SMILES string of the molecule is CCc1nsc(N(C)C2CCC(CO)CC2)n1. The molecule has 0 amide bonds. The summed E-state index contributed by atoms with van der Waals surface area (Å²) in [5.74, 6) is 1.46. The van der Waals surface area contributed by atoms with Gasteiger partial charge in [-0.05, 0) is 31.6 Å². The van der Waals surface area contributed by atoms with Gasteiger partial charge < -0.3 is 10.0 Å². The standard InChI is InChI=1S/C12H21N3OS/c1-3-11-13-12(17-14-11)15(2)10-6-4-9(8-16)5-7-10/h9-10,16H,3-8H2,1-2H3. The van der Waals surface area contributed by atoms with Crippen LogP contribution in [0.5, 0.6) is 0 Å². The zero-order chi connectivity index (χ0) is 12.3. The van der Waals surface area contributed by atoms with Crippen molar-refractivity contribution >= 4 is 16.7 Å². The fraction of sp³-hybridized carbons (Fsp3) is 0.833. The van der Waals surface area contributed by atoms with Gasteiger partial charge in [-0.15, -0.1) is 0 Å². The molecule has 2 rings (SSSR count). The lowest BCUT2D eigenvalue weighted by atomic mass is 9.86. The smallest absolute Gasteiger partial charge is 0.205 e. The molecule has 0 radical (unpaired) electrons. The monoisotopic (exact) mass is 255 g/mol. The summed E-state index contributed by atoms with van der Waals surface area (Å²) in [7, 11) is 2.11. The van der Waals surface area contributed by atoms with E-state index in [-0.39, 0.29) is 0 Å². The highest BCUT2D eigenvalue weighted by Crippen LogP contribution is 2.30. The molecule has 0 bridgehead atoms. The van der Waals surface area contributed by atoms with Crippen molar-refractivity contribution in [3.63, 3.8) is 0 Å². The van der Waals surface area contributed by atoms with Gasteiger partial charge in [-0.25, -0.2) is 4.98 Å². The third-order valence-electron chi connectivity index (χ3n) is 3.70. The van der Waals surface area contributed by atoms with Crippen molar-refractivity contribution in [2.75, 3.05) is 18.6 Å².